The Morgan fingerprint density at radius 2 is 2.09 bits per heavy atom. The van der Waals surface area contributed by atoms with Gasteiger partial charge in [0.05, 0.1) is 5.69 Å². The standard InChI is InChI=1S/C5H7N3O2S/c6-4-1-2-8-3-5(4)11(7,9)10/h1-3H,(H2,6,8)(H2,7,9,10). The number of nitrogens with zero attached hydrogens (tertiary/aromatic N) is 1. The zero-order valence-electron chi connectivity index (χ0n) is 5.56. The van der Waals surface area contributed by atoms with Crippen molar-refractivity contribution < 1.29 is 8.42 Å². The molecule has 5 nitrogen and oxygen atoms in total. The molecule has 60 valence electrons. The number of pyridine rings is 1. The van der Waals surface area contributed by atoms with Crippen LogP contribution in [0, 0.1) is 0 Å². The highest BCUT2D eigenvalue weighted by Crippen LogP contribution is 2.12. The van der Waals surface area contributed by atoms with Gasteiger partial charge in [0.1, 0.15) is 4.90 Å². The summed E-state index contributed by atoms with van der Waals surface area (Å²) >= 11 is 0. The summed E-state index contributed by atoms with van der Waals surface area (Å²) in [7, 11) is -3.72. The van der Waals surface area contributed by atoms with Gasteiger partial charge in [-0.1, -0.05) is 0 Å². The molecule has 1 heterocycles. The predicted octanol–water partition coefficient (Wildman–Crippen LogP) is -0.689. The van der Waals surface area contributed by atoms with Gasteiger partial charge in [0.2, 0.25) is 10.0 Å². The molecule has 1 aromatic rings. The van der Waals surface area contributed by atoms with E-state index in [1.807, 2.05) is 0 Å². The van der Waals surface area contributed by atoms with Gasteiger partial charge < -0.3 is 5.73 Å². The zero-order valence-corrected chi connectivity index (χ0v) is 6.38. The average Bonchev–Trinajstić information content (AvgIpc) is 1.86. The minimum Gasteiger partial charge on any atom is -0.398 e. The molecule has 6 heteroatoms. The molecule has 0 fully saturated rings. The Morgan fingerprint density at radius 3 is 2.45 bits per heavy atom. The molecule has 0 aliphatic carbocycles. The zero-order chi connectivity index (χ0) is 8.48. The largest absolute Gasteiger partial charge is 0.398 e. The molecule has 0 amide bonds. The minimum atomic E-state index is -3.72. The summed E-state index contributed by atoms with van der Waals surface area (Å²) in [4.78, 5) is 3.43. The second-order valence-electron chi connectivity index (χ2n) is 1.96. The Labute approximate surface area is 64.1 Å². The maximum atomic E-state index is 10.7. The molecule has 11 heavy (non-hydrogen) atoms. The van der Waals surface area contributed by atoms with Crippen LogP contribution in [0.5, 0.6) is 0 Å². The van der Waals surface area contributed by atoms with Crippen LogP contribution in [0.4, 0.5) is 5.69 Å². The molecule has 0 aliphatic heterocycles. The lowest BCUT2D eigenvalue weighted by Gasteiger charge is -1.99. The Bertz CT molecular complexity index is 360. The van der Waals surface area contributed by atoms with Gasteiger partial charge in [0.25, 0.3) is 0 Å². The summed E-state index contributed by atoms with van der Waals surface area (Å²) in [6.07, 6.45) is 2.51. The van der Waals surface area contributed by atoms with E-state index in [9.17, 15) is 8.42 Å². The third-order valence-corrected chi connectivity index (χ3v) is 2.08. The minimum absolute atomic E-state index is 0.113. The number of aromatic nitrogens is 1. The van der Waals surface area contributed by atoms with Crippen LogP contribution in [0.15, 0.2) is 23.4 Å². The molecule has 0 spiro atoms. The summed E-state index contributed by atoms with van der Waals surface area (Å²) in [5.41, 5.74) is 5.42. The summed E-state index contributed by atoms with van der Waals surface area (Å²) in [6, 6.07) is 1.37. The molecule has 0 aromatic carbocycles. The van der Waals surface area contributed by atoms with Crippen LogP contribution in [0.2, 0.25) is 0 Å². The highest BCUT2D eigenvalue weighted by molar-refractivity contribution is 7.89. The van der Waals surface area contributed by atoms with Gasteiger partial charge in [-0.2, -0.15) is 0 Å². The summed E-state index contributed by atoms with van der Waals surface area (Å²) in [5, 5.41) is 4.81. The van der Waals surface area contributed by atoms with E-state index in [1.165, 1.54) is 12.3 Å². The first-order valence-corrected chi connectivity index (χ1v) is 4.29. The second-order valence-corrected chi connectivity index (χ2v) is 3.49. The molecule has 0 atom stereocenters. The number of hydrogen-bond donors (Lipinski definition) is 2. The topological polar surface area (TPSA) is 99.1 Å². The quantitative estimate of drug-likeness (QED) is 0.587. The van der Waals surface area contributed by atoms with Crippen molar-refractivity contribution in [2.24, 2.45) is 5.14 Å². The molecule has 0 unspecified atom stereocenters. The van der Waals surface area contributed by atoms with Gasteiger partial charge in [-0.15, -0.1) is 0 Å². The molecule has 0 aliphatic rings. The molecule has 4 N–H and O–H groups in total. The van der Waals surface area contributed by atoms with Gasteiger partial charge in [0.15, 0.2) is 0 Å². The van der Waals surface area contributed by atoms with Gasteiger partial charge in [-0.25, -0.2) is 13.6 Å². The normalized spacial score (nSPS) is 11.4. The van der Waals surface area contributed by atoms with E-state index in [-0.39, 0.29) is 10.6 Å². The fourth-order valence-corrected chi connectivity index (χ4v) is 1.23. The van der Waals surface area contributed by atoms with Crippen molar-refractivity contribution in [1.82, 2.24) is 4.98 Å². The number of anilines is 1. The monoisotopic (exact) mass is 173 g/mol. The maximum absolute atomic E-state index is 10.7. The highest BCUT2D eigenvalue weighted by Gasteiger charge is 2.10. The lowest BCUT2D eigenvalue weighted by Crippen LogP contribution is -2.14. The van der Waals surface area contributed by atoms with Crippen molar-refractivity contribution in [3.8, 4) is 0 Å². The molecule has 0 bridgehead atoms. The molecule has 1 rings (SSSR count). The Balaban J connectivity index is 3.37. The van der Waals surface area contributed by atoms with Gasteiger partial charge in [0, 0.05) is 12.4 Å². The van der Waals surface area contributed by atoms with E-state index in [4.69, 9.17) is 10.9 Å². The van der Waals surface area contributed by atoms with Crippen LogP contribution in [0.1, 0.15) is 0 Å². The second kappa shape index (κ2) is 2.48. The van der Waals surface area contributed by atoms with Crippen molar-refractivity contribution in [1.29, 1.82) is 0 Å². The van der Waals surface area contributed by atoms with Crippen LogP contribution in [0.3, 0.4) is 0 Å². The molecule has 0 saturated carbocycles. The third-order valence-electron chi connectivity index (χ3n) is 1.12. The number of rotatable bonds is 1. The van der Waals surface area contributed by atoms with Crippen molar-refractivity contribution >= 4 is 15.7 Å². The van der Waals surface area contributed by atoms with Gasteiger partial charge in [-0.05, 0) is 6.07 Å². The fraction of sp³-hybridized carbons (Fsp3) is 0. The van der Waals surface area contributed by atoms with Crippen LogP contribution in [-0.2, 0) is 10.0 Å². The molecular weight excluding hydrogens is 166 g/mol. The van der Waals surface area contributed by atoms with Crippen molar-refractivity contribution in [3.63, 3.8) is 0 Å². The summed E-state index contributed by atoms with van der Waals surface area (Å²) < 4.78 is 21.4. The first kappa shape index (κ1) is 7.96. The van der Waals surface area contributed by atoms with Gasteiger partial charge in [-0.3, -0.25) is 4.98 Å². The Hall–Kier alpha value is -1.14. The number of hydrogen-bond acceptors (Lipinski definition) is 4. The predicted molar refractivity (Wildman–Crippen MR) is 40.0 cm³/mol. The fourth-order valence-electron chi connectivity index (χ4n) is 0.628. The van der Waals surface area contributed by atoms with E-state index in [2.05, 4.69) is 4.98 Å². The van der Waals surface area contributed by atoms with E-state index < -0.39 is 10.0 Å². The maximum Gasteiger partial charge on any atom is 0.241 e. The van der Waals surface area contributed by atoms with Crippen LogP contribution >= 0.6 is 0 Å². The first-order chi connectivity index (χ1) is 5.02. The highest BCUT2D eigenvalue weighted by atomic mass is 32.2. The molecule has 0 saturated heterocycles. The lowest BCUT2D eigenvalue weighted by molar-refractivity contribution is 0.598. The van der Waals surface area contributed by atoms with Crippen LogP contribution in [-0.4, -0.2) is 13.4 Å². The van der Waals surface area contributed by atoms with E-state index in [0.29, 0.717) is 0 Å². The summed E-state index contributed by atoms with van der Waals surface area (Å²) in [6.45, 7) is 0. The van der Waals surface area contributed by atoms with Crippen molar-refractivity contribution in [3.05, 3.63) is 18.5 Å². The number of nitrogens with two attached hydrogens (primary N) is 2. The van der Waals surface area contributed by atoms with E-state index in [1.54, 1.807) is 0 Å². The van der Waals surface area contributed by atoms with Gasteiger partial charge >= 0.3 is 0 Å². The van der Waals surface area contributed by atoms with E-state index >= 15 is 0 Å². The smallest absolute Gasteiger partial charge is 0.241 e. The average molecular weight is 173 g/mol. The number of primary sulfonamides is 1. The summed E-state index contributed by atoms with van der Waals surface area (Å²) in [5.74, 6) is 0. The Kier molecular flexibility index (Phi) is 1.79. The first-order valence-electron chi connectivity index (χ1n) is 2.74. The van der Waals surface area contributed by atoms with Crippen molar-refractivity contribution in [2.75, 3.05) is 5.73 Å². The Morgan fingerprint density at radius 1 is 1.45 bits per heavy atom. The van der Waals surface area contributed by atoms with Crippen molar-refractivity contribution in [2.45, 2.75) is 4.90 Å². The number of nitrogen functional groups attached to an aromatic ring is 1. The lowest BCUT2D eigenvalue weighted by atomic mass is 10.4. The SMILES string of the molecule is Nc1ccncc1S(N)(=O)=O. The molecule has 0 radical (unpaired) electrons. The molecular formula is C5H7N3O2S. The van der Waals surface area contributed by atoms with Crippen LogP contribution < -0.4 is 10.9 Å². The third kappa shape index (κ3) is 1.66. The van der Waals surface area contributed by atoms with E-state index in [0.717, 1.165) is 6.20 Å². The number of sulfonamides is 1. The molecule has 1 aromatic heterocycles. The van der Waals surface area contributed by atoms with Crippen LogP contribution in [0.25, 0.3) is 0 Å².